The highest BCUT2D eigenvalue weighted by Crippen LogP contribution is 2.32. The largest absolute Gasteiger partial charge is 0.492 e. The molecule has 28 heavy (non-hydrogen) atoms. The monoisotopic (exact) mass is 385 g/mol. The average molecular weight is 386 g/mol. The number of piperidine rings is 1. The number of nitrogens with zero attached hydrogens (tertiary/aromatic N) is 3. The van der Waals surface area contributed by atoms with E-state index in [9.17, 15) is 0 Å². The molecule has 4 rings (SSSR count). The molecular formula is C22H31N3O3. The highest BCUT2D eigenvalue weighted by Gasteiger charge is 2.30. The molecule has 3 heterocycles. The molecule has 2 aliphatic rings. The van der Waals surface area contributed by atoms with Gasteiger partial charge in [0.1, 0.15) is 12.4 Å². The van der Waals surface area contributed by atoms with Crippen LogP contribution in [0.25, 0.3) is 0 Å². The summed E-state index contributed by atoms with van der Waals surface area (Å²) in [5.74, 6) is 2.86. The molecule has 1 aromatic heterocycles. The van der Waals surface area contributed by atoms with Crippen LogP contribution in [-0.2, 0) is 11.2 Å². The molecule has 1 unspecified atom stereocenters. The second kappa shape index (κ2) is 9.52. The summed E-state index contributed by atoms with van der Waals surface area (Å²) in [6, 6.07) is 8.57. The SMILES string of the molecule is CCc1cccc(OCCN2CCCCC2c2nnc(C3CCOCC3)o2)c1. The molecule has 1 atom stereocenters. The van der Waals surface area contributed by atoms with E-state index in [4.69, 9.17) is 13.9 Å². The van der Waals surface area contributed by atoms with E-state index in [2.05, 4.69) is 40.2 Å². The summed E-state index contributed by atoms with van der Waals surface area (Å²) in [6.07, 6.45) is 6.46. The summed E-state index contributed by atoms with van der Waals surface area (Å²) in [5, 5.41) is 8.78. The van der Waals surface area contributed by atoms with E-state index < -0.39 is 0 Å². The lowest BCUT2D eigenvalue weighted by Gasteiger charge is -2.33. The highest BCUT2D eigenvalue weighted by atomic mass is 16.5. The zero-order chi connectivity index (χ0) is 19.2. The maximum absolute atomic E-state index is 6.13. The lowest BCUT2D eigenvalue weighted by Crippen LogP contribution is -2.36. The number of hydrogen-bond acceptors (Lipinski definition) is 6. The van der Waals surface area contributed by atoms with Crippen molar-refractivity contribution >= 4 is 0 Å². The van der Waals surface area contributed by atoms with Crippen LogP contribution in [-0.4, -0.2) is 48.0 Å². The van der Waals surface area contributed by atoms with Gasteiger partial charge in [-0.3, -0.25) is 4.90 Å². The zero-order valence-corrected chi connectivity index (χ0v) is 16.8. The van der Waals surface area contributed by atoms with E-state index >= 15 is 0 Å². The summed E-state index contributed by atoms with van der Waals surface area (Å²) in [4.78, 5) is 2.44. The van der Waals surface area contributed by atoms with Gasteiger partial charge in [-0.2, -0.15) is 0 Å². The molecule has 0 aliphatic carbocycles. The minimum absolute atomic E-state index is 0.209. The molecule has 0 bridgehead atoms. The van der Waals surface area contributed by atoms with E-state index in [0.717, 1.165) is 69.5 Å². The van der Waals surface area contributed by atoms with Gasteiger partial charge >= 0.3 is 0 Å². The molecule has 6 nitrogen and oxygen atoms in total. The van der Waals surface area contributed by atoms with E-state index in [1.807, 2.05) is 6.07 Å². The van der Waals surface area contributed by atoms with E-state index in [-0.39, 0.29) is 6.04 Å². The molecule has 0 spiro atoms. The van der Waals surface area contributed by atoms with Crippen molar-refractivity contribution in [3.05, 3.63) is 41.6 Å². The molecule has 0 radical (unpaired) electrons. The van der Waals surface area contributed by atoms with Crippen LogP contribution >= 0.6 is 0 Å². The number of likely N-dealkylation sites (tertiary alicyclic amines) is 1. The first-order valence-electron chi connectivity index (χ1n) is 10.7. The van der Waals surface area contributed by atoms with Crippen molar-refractivity contribution in [1.29, 1.82) is 0 Å². The molecule has 2 saturated heterocycles. The lowest BCUT2D eigenvalue weighted by atomic mass is 10.0. The van der Waals surface area contributed by atoms with Gasteiger partial charge in [0.2, 0.25) is 11.8 Å². The molecule has 2 aromatic rings. The Labute approximate surface area is 167 Å². The molecule has 2 fully saturated rings. The van der Waals surface area contributed by atoms with Gasteiger partial charge in [-0.25, -0.2) is 0 Å². The van der Waals surface area contributed by atoms with E-state index in [1.54, 1.807) is 0 Å². The number of hydrogen-bond donors (Lipinski definition) is 0. The first-order chi connectivity index (χ1) is 13.8. The molecule has 0 saturated carbocycles. The Morgan fingerprint density at radius 1 is 1.11 bits per heavy atom. The molecule has 0 amide bonds. The third kappa shape index (κ3) is 4.73. The number of benzene rings is 1. The fraction of sp³-hybridized carbons (Fsp3) is 0.636. The van der Waals surface area contributed by atoms with Crippen LogP contribution in [0.3, 0.4) is 0 Å². The molecule has 152 valence electrons. The van der Waals surface area contributed by atoms with Crippen molar-refractivity contribution in [1.82, 2.24) is 15.1 Å². The summed E-state index contributed by atoms with van der Waals surface area (Å²) in [7, 11) is 0. The quantitative estimate of drug-likeness (QED) is 0.714. The van der Waals surface area contributed by atoms with Crippen molar-refractivity contribution in [2.45, 2.75) is 57.4 Å². The van der Waals surface area contributed by atoms with Gasteiger partial charge in [-0.1, -0.05) is 25.5 Å². The number of aryl methyl sites for hydroxylation is 1. The highest BCUT2D eigenvalue weighted by molar-refractivity contribution is 5.28. The fourth-order valence-electron chi connectivity index (χ4n) is 4.16. The summed E-state index contributed by atoms with van der Waals surface area (Å²) >= 11 is 0. The Balaban J connectivity index is 1.35. The van der Waals surface area contributed by atoms with Crippen LogP contribution < -0.4 is 4.74 Å². The molecule has 1 aromatic carbocycles. The molecule has 2 aliphatic heterocycles. The second-order valence-electron chi connectivity index (χ2n) is 7.76. The Morgan fingerprint density at radius 3 is 2.82 bits per heavy atom. The van der Waals surface area contributed by atoms with Crippen molar-refractivity contribution in [2.24, 2.45) is 0 Å². The Kier molecular flexibility index (Phi) is 6.60. The van der Waals surface area contributed by atoms with Crippen molar-refractivity contribution in [3.63, 3.8) is 0 Å². The van der Waals surface area contributed by atoms with Crippen LogP contribution in [0.4, 0.5) is 0 Å². The van der Waals surface area contributed by atoms with Gasteiger partial charge in [-0.05, 0) is 56.3 Å². The van der Waals surface area contributed by atoms with Gasteiger partial charge in [0.05, 0.1) is 6.04 Å². The number of rotatable bonds is 7. The Bertz CT molecular complexity index is 742. The number of ether oxygens (including phenoxy) is 2. The van der Waals surface area contributed by atoms with Gasteiger partial charge in [0, 0.05) is 25.7 Å². The minimum atomic E-state index is 0.209. The molecule has 6 heteroatoms. The van der Waals surface area contributed by atoms with Gasteiger partial charge in [0.25, 0.3) is 0 Å². The van der Waals surface area contributed by atoms with Crippen LogP contribution in [0.15, 0.2) is 28.7 Å². The third-order valence-electron chi connectivity index (χ3n) is 5.88. The Morgan fingerprint density at radius 2 is 1.96 bits per heavy atom. The summed E-state index contributed by atoms with van der Waals surface area (Å²) in [5.41, 5.74) is 1.31. The average Bonchev–Trinajstić information content (AvgIpc) is 3.25. The molecular weight excluding hydrogens is 354 g/mol. The Hall–Kier alpha value is -1.92. The molecule has 0 N–H and O–H groups in total. The first kappa shape index (κ1) is 19.4. The second-order valence-corrected chi connectivity index (χ2v) is 7.76. The van der Waals surface area contributed by atoms with E-state index in [1.165, 1.54) is 18.4 Å². The van der Waals surface area contributed by atoms with Gasteiger partial charge in [0.15, 0.2) is 0 Å². The van der Waals surface area contributed by atoms with Crippen LogP contribution in [0.2, 0.25) is 0 Å². The van der Waals surface area contributed by atoms with Crippen molar-refractivity contribution in [2.75, 3.05) is 32.9 Å². The number of aromatic nitrogens is 2. The standard InChI is InChI=1S/C22H31N3O3/c1-2-17-6-5-7-19(16-17)27-15-12-25-11-4-3-8-20(25)22-24-23-21(28-22)18-9-13-26-14-10-18/h5-7,16,18,20H,2-4,8-15H2,1H3. The van der Waals surface area contributed by atoms with Crippen LogP contribution in [0, 0.1) is 0 Å². The minimum Gasteiger partial charge on any atom is -0.492 e. The van der Waals surface area contributed by atoms with Crippen LogP contribution in [0.5, 0.6) is 5.75 Å². The maximum atomic E-state index is 6.13. The van der Waals surface area contributed by atoms with Crippen molar-refractivity contribution < 1.29 is 13.9 Å². The predicted octanol–water partition coefficient (Wildman–Crippen LogP) is 4.13. The lowest BCUT2D eigenvalue weighted by molar-refractivity contribution is 0.0762. The smallest absolute Gasteiger partial charge is 0.233 e. The fourth-order valence-corrected chi connectivity index (χ4v) is 4.16. The first-order valence-corrected chi connectivity index (χ1v) is 10.7. The van der Waals surface area contributed by atoms with Gasteiger partial charge in [-0.15, -0.1) is 10.2 Å². The normalized spacial score (nSPS) is 21.7. The van der Waals surface area contributed by atoms with Gasteiger partial charge < -0.3 is 13.9 Å². The van der Waals surface area contributed by atoms with Crippen LogP contribution in [0.1, 0.15) is 68.3 Å². The van der Waals surface area contributed by atoms with Crippen molar-refractivity contribution in [3.8, 4) is 5.75 Å². The zero-order valence-electron chi connectivity index (χ0n) is 16.8. The van der Waals surface area contributed by atoms with E-state index in [0.29, 0.717) is 12.5 Å². The topological polar surface area (TPSA) is 60.6 Å². The summed E-state index contributed by atoms with van der Waals surface area (Å²) in [6.45, 7) is 6.33. The third-order valence-corrected chi connectivity index (χ3v) is 5.88. The predicted molar refractivity (Wildman–Crippen MR) is 107 cm³/mol. The maximum Gasteiger partial charge on any atom is 0.233 e. The summed E-state index contributed by atoms with van der Waals surface area (Å²) < 4.78 is 17.6.